The van der Waals surface area contributed by atoms with Gasteiger partial charge in [0.15, 0.2) is 0 Å². The molecule has 1 N–H and O–H groups in total. The summed E-state index contributed by atoms with van der Waals surface area (Å²) in [6, 6.07) is 5.29. The molecule has 6 heteroatoms. The minimum absolute atomic E-state index is 0.171. The lowest BCUT2D eigenvalue weighted by Crippen LogP contribution is -2.36. The molecule has 0 heterocycles. The molecule has 0 radical (unpaired) electrons. The second-order valence-corrected chi connectivity index (χ2v) is 7.12. The molecule has 0 saturated carbocycles. The summed E-state index contributed by atoms with van der Waals surface area (Å²) in [4.78, 5) is 11.6. The highest BCUT2D eigenvalue weighted by Crippen LogP contribution is 2.25. The van der Waals surface area contributed by atoms with Gasteiger partial charge in [-0.25, -0.2) is 8.42 Å². The van der Waals surface area contributed by atoms with Crippen molar-refractivity contribution in [2.24, 2.45) is 0 Å². The minimum Gasteiger partial charge on any atom is -0.358 e. The lowest BCUT2D eigenvalue weighted by Gasteiger charge is -2.20. The van der Waals surface area contributed by atoms with Gasteiger partial charge in [0, 0.05) is 14.1 Å². The first-order chi connectivity index (χ1) is 9.45. The summed E-state index contributed by atoms with van der Waals surface area (Å²) in [7, 11) is -0.697. The van der Waals surface area contributed by atoms with E-state index in [0.29, 0.717) is 0 Å². The van der Waals surface area contributed by atoms with Crippen LogP contribution in [0.15, 0.2) is 23.1 Å². The first-order valence-corrected chi connectivity index (χ1v) is 8.18. The number of carbonyl (C=O) groups is 1. The molecule has 1 aromatic rings. The maximum Gasteiger partial charge on any atom is 0.243 e. The van der Waals surface area contributed by atoms with E-state index in [1.54, 1.807) is 12.1 Å². The molecule has 0 atom stereocenters. The van der Waals surface area contributed by atoms with Gasteiger partial charge < -0.3 is 5.32 Å². The first kappa shape index (κ1) is 15.0. The monoisotopic (exact) mass is 296 g/mol. The van der Waals surface area contributed by atoms with E-state index in [0.717, 1.165) is 35.6 Å². The Hall–Kier alpha value is -1.40. The smallest absolute Gasteiger partial charge is 0.243 e. The number of sulfonamides is 1. The van der Waals surface area contributed by atoms with Gasteiger partial charge in [-0.2, -0.15) is 4.31 Å². The van der Waals surface area contributed by atoms with Crippen LogP contribution in [0.25, 0.3) is 0 Å². The van der Waals surface area contributed by atoms with Gasteiger partial charge in [-0.15, -0.1) is 0 Å². The zero-order valence-electron chi connectivity index (χ0n) is 11.8. The molecule has 110 valence electrons. The van der Waals surface area contributed by atoms with Crippen molar-refractivity contribution in [3.63, 3.8) is 0 Å². The Kier molecular flexibility index (Phi) is 4.45. The van der Waals surface area contributed by atoms with Crippen LogP contribution in [0.1, 0.15) is 24.0 Å². The molecule has 0 fully saturated rings. The highest BCUT2D eigenvalue weighted by atomic mass is 32.2. The summed E-state index contributed by atoms with van der Waals surface area (Å²) in [5.74, 6) is -0.325. The van der Waals surface area contributed by atoms with E-state index in [1.807, 2.05) is 6.07 Å². The number of hydrogen-bond donors (Lipinski definition) is 1. The van der Waals surface area contributed by atoms with Crippen LogP contribution in [0.2, 0.25) is 0 Å². The summed E-state index contributed by atoms with van der Waals surface area (Å²) in [6.45, 7) is -0.171. The van der Waals surface area contributed by atoms with Crippen LogP contribution in [-0.4, -0.2) is 39.3 Å². The Bertz CT molecular complexity index is 611. The van der Waals surface area contributed by atoms with Crippen molar-refractivity contribution in [1.29, 1.82) is 0 Å². The molecule has 0 aromatic heterocycles. The van der Waals surface area contributed by atoms with Gasteiger partial charge in [0.2, 0.25) is 15.9 Å². The Labute approximate surface area is 120 Å². The second kappa shape index (κ2) is 5.93. The Balaban J connectivity index is 2.27. The van der Waals surface area contributed by atoms with Gasteiger partial charge in [0.05, 0.1) is 11.4 Å². The normalized spacial score (nSPS) is 14.9. The first-order valence-electron chi connectivity index (χ1n) is 6.74. The molecule has 1 aliphatic carbocycles. The molecule has 0 saturated heterocycles. The molecular formula is C14H20N2O3S. The van der Waals surface area contributed by atoms with E-state index in [9.17, 15) is 13.2 Å². The van der Waals surface area contributed by atoms with Crippen LogP contribution < -0.4 is 5.32 Å². The van der Waals surface area contributed by atoms with E-state index in [2.05, 4.69) is 5.32 Å². The number of amides is 1. The third-order valence-electron chi connectivity index (χ3n) is 3.67. The lowest BCUT2D eigenvalue weighted by atomic mass is 9.92. The van der Waals surface area contributed by atoms with Crippen LogP contribution in [-0.2, 0) is 27.7 Å². The Morgan fingerprint density at radius 3 is 2.55 bits per heavy atom. The number of carbonyl (C=O) groups excluding carboxylic acids is 1. The number of rotatable bonds is 4. The van der Waals surface area contributed by atoms with Crippen LogP contribution in [0.3, 0.4) is 0 Å². The van der Waals surface area contributed by atoms with E-state index in [1.165, 1.54) is 19.7 Å². The van der Waals surface area contributed by atoms with E-state index in [4.69, 9.17) is 0 Å². The third-order valence-corrected chi connectivity index (χ3v) is 5.47. The Morgan fingerprint density at radius 2 is 1.90 bits per heavy atom. The standard InChI is InChI=1S/C14H20N2O3S/c1-15-14(17)10-16(2)20(18,19)13-8-7-11-5-3-4-6-12(11)9-13/h7-9H,3-6,10H2,1-2H3,(H,15,17). The number of benzene rings is 1. The van der Waals surface area contributed by atoms with Crippen molar-refractivity contribution in [2.75, 3.05) is 20.6 Å². The van der Waals surface area contributed by atoms with Gasteiger partial charge in [-0.05, 0) is 48.9 Å². The SMILES string of the molecule is CNC(=O)CN(C)S(=O)(=O)c1ccc2c(c1)CCCC2. The van der Waals surface area contributed by atoms with Crippen molar-refractivity contribution >= 4 is 15.9 Å². The third kappa shape index (κ3) is 3.02. The van der Waals surface area contributed by atoms with Gasteiger partial charge in [0.1, 0.15) is 0 Å². The molecule has 1 aromatic carbocycles. The largest absolute Gasteiger partial charge is 0.358 e. The number of nitrogens with zero attached hydrogens (tertiary/aromatic N) is 1. The lowest BCUT2D eigenvalue weighted by molar-refractivity contribution is -0.120. The van der Waals surface area contributed by atoms with Gasteiger partial charge >= 0.3 is 0 Å². The van der Waals surface area contributed by atoms with Gasteiger partial charge in [0.25, 0.3) is 0 Å². The van der Waals surface area contributed by atoms with Crippen molar-refractivity contribution in [3.8, 4) is 0 Å². The molecule has 0 aliphatic heterocycles. The topological polar surface area (TPSA) is 66.5 Å². The average Bonchev–Trinajstić information content (AvgIpc) is 2.46. The molecular weight excluding hydrogens is 276 g/mol. The van der Waals surface area contributed by atoms with Crippen LogP contribution in [0.4, 0.5) is 0 Å². The van der Waals surface area contributed by atoms with Crippen LogP contribution in [0, 0.1) is 0 Å². The molecule has 2 rings (SSSR count). The number of hydrogen-bond acceptors (Lipinski definition) is 3. The molecule has 0 bridgehead atoms. The van der Waals surface area contributed by atoms with Crippen molar-refractivity contribution in [1.82, 2.24) is 9.62 Å². The fraction of sp³-hybridized carbons (Fsp3) is 0.500. The zero-order valence-corrected chi connectivity index (χ0v) is 12.7. The van der Waals surface area contributed by atoms with Crippen LogP contribution in [0.5, 0.6) is 0 Å². The number of likely N-dealkylation sites (N-methyl/N-ethyl adjacent to an activating group) is 2. The Morgan fingerprint density at radius 1 is 1.25 bits per heavy atom. The van der Waals surface area contributed by atoms with Gasteiger partial charge in [-0.1, -0.05) is 6.07 Å². The maximum absolute atomic E-state index is 12.4. The fourth-order valence-corrected chi connectivity index (χ4v) is 3.59. The highest BCUT2D eigenvalue weighted by molar-refractivity contribution is 7.89. The molecule has 20 heavy (non-hydrogen) atoms. The molecule has 0 unspecified atom stereocenters. The summed E-state index contributed by atoms with van der Waals surface area (Å²) in [5.41, 5.74) is 2.36. The fourth-order valence-electron chi connectivity index (χ4n) is 2.42. The van der Waals surface area contributed by atoms with E-state index < -0.39 is 10.0 Å². The average molecular weight is 296 g/mol. The summed E-state index contributed by atoms with van der Waals surface area (Å²) in [5, 5.41) is 2.42. The van der Waals surface area contributed by atoms with Crippen LogP contribution >= 0.6 is 0 Å². The quantitative estimate of drug-likeness (QED) is 0.899. The van der Waals surface area contributed by atoms with E-state index >= 15 is 0 Å². The van der Waals surface area contributed by atoms with Crippen molar-refractivity contribution < 1.29 is 13.2 Å². The van der Waals surface area contributed by atoms with Gasteiger partial charge in [-0.3, -0.25) is 4.79 Å². The molecule has 1 amide bonds. The number of aryl methyl sites for hydroxylation is 2. The summed E-state index contributed by atoms with van der Waals surface area (Å²) in [6.07, 6.45) is 4.21. The number of fused-ring (bicyclic) bond motifs is 1. The van der Waals surface area contributed by atoms with Crippen molar-refractivity contribution in [2.45, 2.75) is 30.6 Å². The predicted octanol–water partition coefficient (Wildman–Crippen LogP) is 0.932. The number of nitrogens with one attached hydrogen (secondary N) is 1. The van der Waals surface area contributed by atoms with Crippen molar-refractivity contribution in [3.05, 3.63) is 29.3 Å². The summed E-state index contributed by atoms with van der Waals surface area (Å²) >= 11 is 0. The minimum atomic E-state index is -3.61. The highest BCUT2D eigenvalue weighted by Gasteiger charge is 2.24. The predicted molar refractivity (Wildman–Crippen MR) is 77.0 cm³/mol. The zero-order chi connectivity index (χ0) is 14.8. The van der Waals surface area contributed by atoms with E-state index in [-0.39, 0.29) is 17.3 Å². The summed E-state index contributed by atoms with van der Waals surface area (Å²) < 4.78 is 25.9. The molecule has 0 spiro atoms. The maximum atomic E-state index is 12.4. The second-order valence-electron chi connectivity index (χ2n) is 5.07. The molecule has 5 nitrogen and oxygen atoms in total. The molecule has 1 aliphatic rings.